The van der Waals surface area contributed by atoms with Crippen molar-refractivity contribution in [1.29, 1.82) is 0 Å². The summed E-state index contributed by atoms with van der Waals surface area (Å²) in [4.78, 5) is 28.6. The molecule has 2 heterocycles. The standard InChI is InChI=1S/C19H28N4O3/c1-6-13(5)23-17-16(10-21-23)15(8-12(4)22-17)18(24)20-9-14(19(25)26)7-11(2)3/h8,10-11,13-14H,6-7,9H2,1-5H3,(H,20,24)(H,25,26). The van der Waals surface area contributed by atoms with E-state index >= 15 is 0 Å². The minimum atomic E-state index is -0.889. The van der Waals surface area contributed by atoms with Crippen LogP contribution in [0.3, 0.4) is 0 Å². The molecule has 1 amide bonds. The van der Waals surface area contributed by atoms with Gasteiger partial charge in [-0.1, -0.05) is 20.8 Å². The number of pyridine rings is 1. The lowest BCUT2D eigenvalue weighted by Crippen LogP contribution is -2.33. The second-order valence-electron chi connectivity index (χ2n) is 7.27. The maximum Gasteiger partial charge on any atom is 0.308 e. The van der Waals surface area contributed by atoms with Crippen molar-refractivity contribution in [2.45, 2.75) is 53.5 Å². The van der Waals surface area contributed by atoms with Crippen LogP contribution >= 0.6 is 0 Å². The summed E-state index contributed by atoms with van der Waals surface area (Å²) in [5.41, 5.74) is 1.89. The molecule has 0 aliphatic rings. The number of nitrogens with one attached hydrogen (secondary N) is 1. The SMILES string of the molecule is CCC(C)n1ncc2c(C(=O)NCC(CC(C)C)C(=O)O)cc(C)nc21. The molecule has 0 radical (unpaired) electrons. The molecule has 26 heavy (non-hydrogen) atoms. The summed E-state index contributed by atoms with van der Waals surface area (Å²) in [6.45, 7) is 10.0. The summed E-state index contributed by atoms with van der Waals surface area (Å²) in [7, 11) is 0. The van der Waals surface area contributed by atoms with E-state index in [0.717, 1.165) is 12.1 Å². The molecule has 2 atom stereocenters. The molecule has 0 saturated carbocycles. The van der Waals surface area contributed by atoms with Crippen molar-refractivity contribution >= 4 is 22.9 Å². The van der Waals surface area contributed by atoms with Crippen LogP contribution in [0, 0.1) is 18.8 Å². The number of carboxylic acids is 1. The van der Waals surface area contributed by atoms with Crippen LogP contribution in [0.1, 0.15) is 62.6 Å². The van der Waals surface area contributed by atoms with Crippen LogP contribution in [0.15, 0.2) is 12.3 Å². The number of carbonyl (C=O) groups is 2. The van der Waals surface area contributed by atoms with Crippen molar-refractivity contribution in [3.63, 3.8) is 0 Å². The van der Waals surface area contributed by atoms with Crippen LogP contribution in [-0.2, 0) is 4.79 Å². The van der Waals surface area contributed by atoms with Gasteiger partial charge in [-0.15, -0.1) is 0 Å². The molecule has 0 bridgehead atoms. The summed E-state index contributed by atoms with van der Waals surface area (Å²) < 4.78 is 1.83. The maximum absolute atomic E-state index is 12.7. The molecule has 0 aliphatic heterocycles. The van der Waals surface area contributed by atoms with E-state index in [0.29, 0.717) is 23.0 Å². The number of fused-ring (bicyclic) bond motifs is 1. The third-order valence-electron chi connectivity index (χ3n) is 4.56. The minimum absolute atomic E-state index is 0.106. The third kappa shape index (κ3) is 4.39. The van der Waals surface area contributed by atoms with E-state index in [1.165, 1.54) is 0 Å². The van der Waals surface area contributed by atoms with Gasteiger partial charge in [-0.2, -0.15) is 5.10 Å². The van der Waals surface area contributed by atoms with Gasteiger partial charge in [-0.25, -0.2) is 9.67 Å². The molecule has 0 aliphatic carbocycles. The number of carbonyl (C=O) groups excluding carboxylic acids is 1. The van der Waals surface area contributed by atoms with Crippen LogP contribution in [0.4, 0.5) is 0 Å². The Morgan fingerprint density at radius 1 is 1.31 bits per heavy atom. The Morgan fingerprint density at radius 2 is 2.00 bits per heavy atom. The zero-order valence-electron chi connectivity index (χ0n) is 16.1. The quantitative estimate of drug-likeness (QED) is 0.753. The van der Waals surface area contributed by atoms with Crippen molar-refractivity contribution in [2.75, 3.05) is 6.54 Å². The lowest BCUT2D eigenvalue weighted by molar-refractivity contribution is -0.142. The second kappa shape index (κ2) is 8.29. The molecule has 0 spiro atoms. The van der Waals surface area contributed by atoms with Gasteiger partial charge >= 0.3 is 5.97 Å². The zero-order valence-corrected chi connectivity index (χ0v) is 16.1. The first kappa shape index (κ1) is 19.9. The number of rotatable bonds is 8. The van der Waals surface area contributed by atoms with Crippen molar-refractivity contribution < 1.29 is 14.7 Å². The summed E-state index contributed by atoms with van der Waals surface area (Å²) in [5, 5.41) is 17.2. The molecule has 0 aromatic carbocycles. The average Bonchev–Trinajstić information content (AvgIpc) is 2.99. The van der Waals surface area contributed by atoms with E-state index in [9.17, 15) is 14.7 Å². The lowest BCUT2D eigenvalue weighted by atomic mass is 9.97. The van der Waals surface area contributed by atoms with Crippen LogP contribution < -0.4 is 5.32 Å². The molecule has 0 saturated heterocycles. The number of carboxylic acid groups (broad SMARTS) is 1. The number of aromatic nitrogens is 3. The van der Waals surface area contributed by atoms with Crippen LogP contribution in [0.2, 0.25) is 0 Å². The van der Waals surface area contributed by atoms with Crippen LogP contribution in [0.25, 0.3) is 11.0 Å². The second-order valence-corrected chi connectivity index (χ2v) is 7.27. The van der Waals surface area contributed by atoms with Crippen molar-refractivity contribution in [3.8, 4) is 0 Å². The predicted molar refractivity (Wildman–Crippen MR) is 100 cm³/mol. The molecule has 7 heteroatoms. The predicted octanol–water partition coefficient (Wildman–Crippen LogP) is 3.19. The number of hydrogen-bond donors (Lipinski definition) is 2. The number of aryl methyl sites for hydroxylation is 1. The van der Waals surface area contributed by atoms with Gasteiger partial charge in [0.25, 0.3) is 5.91 Å². The molecular formula is C19H28N4O3. The fourth-order valence-electron chi connectivity index (χ4n) is 2.98. The van der Waals surface area contributed by atoms with Gasteiger partial charge in [0.15, 0.2) is 5.65 Å². The summed E-state index contributed by atoms with van der Waals surface area (Å²) in [5.74, 6) is -1.53. The Kier molecular flexibility index (Phi) is 6.34. The van der Waals surface area contributed by atoms with E-state index in [4.69, 9.17) is 0 Å². The van der Waals surface area contributed by atoms with E-state index in [-0.39, 0.29) is 24.4 Å². The van der Waals surface area contributed by atoms with Crippen molar-refractivity contribution in [2.24, 2.45) is 11.8 Å². The topological polar surface area (TPSA) is 97.1 Å². The fourth-order valence-corrected chi connectivity index (χ4v) is 2.98. The van der Waals surface area contributed by atoms with E-state index < -0.39 is 11.9 Å². The normalized spacial score (nSPS) is 13.8. The fraction of sp³-hybridized carbons (Fsp3) is 0.579. The Bertz CT molecular complexity index is 797. The first-order valence-electron chi connectivity index (χ1n) is 9.10. The Labute approximate surface area is 153 Å². The first-order chi connectivity index (χ1) is 12.2. The number of amides is 1. The monoisotopic (exact) mass is 360 g/mol. The molecule has 2 N–H and O–H groups in total. The largest absolute Gasteiger partial charge is 0.481 e. The number of nitrogens with zero attached hydrogens (tertiary/aromatic N) is 3. The molecule has 2 rings (SSSR count). The summed E-state index contributed by atoms with van der Waals surface area (Å²) in [6.07, 6.45) is 3.08. The molecule has 2 unspecified atom stereocenters. The van der Waals surface area contributed by atoms with Gasteiger partial charge in [0.05, 0.1) is 29.1 Å². The molecule has 142 valence electrons. The minimum Gasteiger partial charge on any atom is -0.481 e. The smallest absolute Gasteiger partial charge is 0.308 e. The highest BCUT2D eigenvalue weighted by Gasteiger charge is 2.22. The molecule has 0 fully saturated rings. The molecule has 2 aromatic heterocycles. The average molecular weight is 360 g/mol. The molecule has 2 aromatic rings. The highest BCUT2D eigenvalue weighted by molar-refractivity contribution is 6.05. The van der Waals surface area contributed by atoms with Gasteiger partial charge < -0.3 is 10.4 Å². The van der Waals surface area contributed by atoms with Gasteiger partial charge in [-0.3, -0.25) is 9.59 Å². The van der Waals surface area contributed by atoms with Gasteiger partial charge in [0.2, 0.25) is 0 Å². The van der Waals surface area contributed by atoms with Crippen LogP contribution in [0.5, 0.6) is 0 Å². The first-order valence-corrected chi connectivity index (χ1v) is 9.10. The zero-order chi connectivity index (χ0) is 19.4. The van der Waals surface area contributed by atoms with Crippen LogP contribution in [-0.4, -0.2) is 38.3 Å². The Hall–Kier alpha value is -2.44. The highest BCUT2D eigenvalue weighted by atomic mass is 16.4. The van der Waals surface area contributed by atoms with E-state index in [1.807, 2.05) is 25.5 Å². The lowest BCUT2D eigenvalue weighted by Gasteiger charge is -2.16. The number of aliphatic carboxylic acids is 1. The molecule has 7 nitrogen and oxygen atoms in total. The van der Waals surface area contributed by atoms with E-state index in [2.05, 4.69) is 29.2 Å². The third-order valence-corrected chi connectivity index (χ3v) is 4.56. The summed E-state index contributed by atoms with van der Waals surface area (Å²) in [6, 6.07) is 1.90. The Morgan fingerprint density at radius 3 is 2.58 bits per heavy atom. The Balaban J connectivity index is 2.27. The van der Waals surface area contributed by atoms with E-state index in [1.54, 1.807) is 12.3 Å². The van der Waals surface area contributed by atoms with Crippen molar-refractivity contribution in [1.82, 2.24) is 20.1 Å². The van der Waals surface area contributed by atoms with Gasteiger partial charge in [-0.05, 0) is 38.7 Å². The number of hydrogen-bond acceptors (Lipinski definition) is 4. The van der Waals surface area contributed by atoms with Gasteiger partial charge in [0.1, 0.15) is 0 Å². The van der Waals surface area contributed by atoms with Crippen molar-refractivity contribution in [3.05, 3.63) is 23.5 Å². The highest BCUT2D eigenvalue weighted by Crippen LogP contribution is 2.22. The molecular weight excluding hydrogens is 332 g/mol. The maximum atomic E-state index is 12.7. The summed E-state index contributed by atoms with van der Waals surface area (Å²) >= 11 is 0. The van der Waals surface area contributed by atoms with Gasteiger partial charge in [0, 0.05) is 12.2 Å².